The van der Waals surface area contributed by atoms with E-state index in [4.69, 9.17) is 9.72 Å². The molecule has 4 fully saturated rings. The molecule has 13 nitrogen and oxygen atoms in total. The number of anilines is 2. The lowest BCUT2D eigenvalue weighted by molar-refractivity contribution is -0.134. The Kier molecular flexibility index (Phi) is 10.0. The minimum absolute atomic E-state index is 0.0603. The fraction of sp³-hybridized carbons (Fsp3) is 0.442. The van der Waals surface area contributed by atoms with Crippen molar-refractivity contribution in [3.05, 3.63) is 88.2 Å². The standard InChI is InChI=1S/C43H47F2N9O4/c1-24-5-4-12-58-42-32(19-46-51(42)3)36-17-28(13-25(2)47-36)40(56)50-43-48-35-8-6-27(16-37(35)54(43)20-24)21-52-22-29-18-30(23-52)53(29)11-10-26-14-33(44)39(34(45)15-26)31-7-9-38(55)49-41(31)57/h6,8,13-17,19,24,29-31H,4-5,7,9-12,18,20-23H2,1-3H3,(H,48,50,56)(H,49,55,57)/t24-,29?,30?,31-/m1/s1. The topological polar surface area (TPSA) is 137 Å². The summed E-state index contributed by atoms with van der Waals surface area (Å²) in [5.41, 5.74) is 5.84. The van der Waals surface area contributed by atoms with Crippen LogP contribution in [0.2, 0.25) is 0 Å². The van der Waals surface area contributed by atoms with Gasteiger partial charge in [0, 0.05) is 75.1 Å². The van der Waals surface area contributed by atoms with Gasteiger partial charge in [-0.3, -0.25) is 34.5 Å². The summed E-state index contributed by atoms with van der Waals surface area (Å²) in [6.07, 6.45) is 5.22. The number of benzene rings is 2. The van der Waals surface area contributed by atoms with E-state index in [0.717, 1.165) is 55.8 Å². The molecule has 15 heteroatoms. The number of imide groups is 1. The van der Waals surface area contributed by atoms with Gasteiger partial charge in [0.15, 0.2) is 0 Å². The molecule has 0 radical (unpaired) electrons. The molecule has 4 saturated heterocycles. The number of nitrogens with zero attached hydrogens (tertiary/aromatic N) is 7. The molecule has 4 atom stereocenters. The van der Waals surface area contributed by atoms with Crippen molar-refractivity contribution >= 4 is 35.1 Å². The first kappa shape index (κ1) is 38.0. The minimum Gasteiger partial charge on any atom is -0.477 e. The number of pyridine rings is 1. The Bertz CT molecular complexity index is 2310. The summed E-state index contributed by atoms with van der Waals surface area (Å²) in [6.45, 7) is 8.51. The summed E-state index contributed by atoms with van der Waals surface area (Å²) in [4.78, 5) is 54.0. The molecule has 6 aliphatic heterocycles. The van der Waals surface area contributed by atoms with Crippen LogP contribution in [0.25, 0.3) is 11.3 Å². The average molecular weight is 792 g/mol. The normalized spacial score (nSPS) is 24.5. The van der Waals surface area contributed by atoms with Crippen LogP contribution < -0.4 is 20.3 Å². The highest BCUT2D eigenvalue weighted by Gasteiger charge is 2.44. The maximum Gasteiger partial charge on any atom is 0.280 e. The highest BCUT2D eigenvalue weighted by atomic mass is 19.1. The minimum atomic E-state index is -1.00. The Labute approximate surface area is 335 Å². The molecule has 3 amide bonds. The van der Waals surface area contributed by atoms with Gasteiger partial charge in [0.05, 0.1) is 41.4 Å². The van der Waals surface area contributed by atoms with Crippen LogP contribution in [0.3, 0.4) is 0 Å². The molecule has 4 aromatic rings. The molecule has 2 aromatic heterocycles. The number of carbonyl (C=O) groups is 3. The molecular weight excluding hydrogens is 745 g/mol. The number of guanidine groups is 1. The van der Waals surface area contributed by atoms with E-state index in [2.05, 4.69) is 60.5 Å². The summed E-state index contributed by atoms with van der Waals surface area (Å²) < 4.78 is 38.3. The molecule has 58 heavy (non-hydrogen) atoms. The molecule has 4 bridgehead atoms. The Hall–Kier alpha value is -5.54. The van der Waals surface area contributed by atoms with Crippen LogP contribution in [0.1, 0.15) is 77.7 Å². The lowest BCUT2D eigenvalue weighted by atomic mass is 9.86. The first-order valence-electron chi connectivity index (χ1n) is 20.2. The molecular formula is C43H47F2N9O4. The summed E-state index contributed by atoms with van der Waals surface area (Å²) >= 11 is 0. The van der Waals surface area contributed by atoms with Crippen molar-refractivity contribution < 1.29 is 27.9 Å². The van der Waals surface area contributed by atoms with E-state index < -0.39 is 29.4 Å². The average Bonchev–Trinajstić information content (AvgIpc) is 3.71. The zero-order valence-corrected chi connectivity index (χ0v) is 32.9. The van der Waals surface area contributed by atoms with Crippen LogP contribution >= 0.6 is 0 Å². The number of carbonyl (C=O) groups excluding carboxylic acids is 3. The molecule has 0 spiro atoms. The number of hydrogen-bond acceptors (Lipinski definition) is 10. The monoisotopic (exact) mass is 791 g/mol. The maximum absolute atomic E-state index is 15.2. The van der Waals surface area contributed by atoms with Gasteiger partial charge in [0.2, 0.25) is 23.7 Å². The molecule has 10 rings (SSSR count). The van der Waals surface area contributed by atoms with Crippen molar-refractivity contribution in [2.45, 2.75) is 76.9 Å². The van der Waals surface area contributed by atoms with Gasteiger partial charge >= 0.3 is 0 Å². The third-order valence-corrected chi connectivity index (χ3v) is 12.2. The third-order valence-electron chi connectivity index (χ3n) is 12.2. The molecule has 302 valence electrons. The molecule has 0 saturated carbocycles. The Balaban J connectivity index is 0.870. The number of nitrogens with one attached hydrogen (secondary N) is 2. The smallest absolute Gasteiger partial charge is 0.280 e. The van der Waals surface area contributed by atoms with Crippen molar-refractivity contribution in [3.63, 3.8) is 0 Å². The molecule has 0 aliphatic carbocycles. The summed E-state index contributed by atoms with van der Waals surface area (Å²) in [6, 6.07) is 13.3. The van der Waals surface area contributed by atoms with Crippen molar-refractivity contribution in [2.24, 2.45) is 18.0 Å². The van der Waals surface area contributed by atoms with Gasteiger partial charge in [-0.05, 0) is 92.5 Å². The molecule has 8 heterocycles. The SMILES string of the molecule is Cc1cc2cc(n1)-c1cnn(C)c1OCCC[C@@H](C)CN1/C(=N/C2=O)Nc2ccc(CN3CC4CC(C3)N4CCc3cc(F)c([C@H]4CCC(=O)NC4=O)c(F)c3)cc21. The molecule has 2 aromatic carbocycles. The van der Waals surface area contributed by atoms with Crippen LogP contribution in [0.4, 0.5) is 20.2 Å². The largest absolute Gasteiger partial charge is 0.477 e. The van der Waals surface area contributed by atoms with Crippen LogP contribution in [-0.2, 0) is 29.6 Å². The van der Waals surface area contributed by atoms with Gasteiger partial charge in [-0.1, -0.05) is 13.0 Å². The number of ether oxygens (including phenoxy) is 1. The van der Waals surface area contributed by atoms with E-state index in [9.17, 15) is 14.4 Å². The number of hydrogen-bond donors (Lipinski definition) is 2. The Morgan fingerprint density at radius 2 is 1.74 bits per heavy atom. The molecule has 2 N–H and O–H groups in total. The second kappa shape index (κ2) is 15.3. The number of piperidine rings is 2. The first-order valence-corrected chi connectivity index (χ1v) is 20.2. The number of rotatable bonds is 6. The quantitative estimate of drug-likeness (QED) is 0.247. The number of aromatic nitrogens is 3. The van der Waals surface area contributed by atoms with E-state index in [1.54, 1.807) is 23.0 Å². The van der Waals surface area contributed by atoms with Gasteiger partial charge in [0.1, 0.15) is 11.6 Å². The zero-order chi connectivity index (χ0) is 40.2. The van der Waals surface area contributed by atoms with Gasteiger partial charge in [-0.25, -0.2) is 13.5 Å². The summed E-state index contributed by atoms with van der Waals surface area (Å²) in [5, 5.41) is 10.0. The maximum atomic E-state index is 15.2. The predicted octanol–water partition coefficient (Wildman–Crippen LogP) is 5.33. The Morgan fingerprint density at radius 1 is 0.948 bits per heavy atom. The lowest BCUT2D eigenvalue weighted by Crippen LogP contribution is -2.68. The van der Waals surface area contributed by atoms with Crippen molar-refractivity contribution in [1.29, 1.82) is 0 Å². The predicted molar refractivity (Wildman–Crippen MR) is 214 cm³/mol. The van der Waals surface area contributed by atoms with Crippen LogP contribution in [0.15, 0.2) is 53.7 Å². The van der Waals surface area contributed by atoms with Crippen molar-refractivity contribution in [1.82, 2.24) is 29.9 Å². The second-order valence-corrected chi connectivity index (χ2v) is 16.5. The lowest BCUT2D eigenvalue weighted by Gasteiger charge is -2.56. The van der Waals surface area contributed by atoms with Crippen molar-refractivity contribution in [3.8, 4) is 17.1 Å². The number of fused-ring (bicyclic) bond motifs is 9. The van der Waals surface area contributed by atoms with E-state index in [1.807, 2.05) is 14.0 Å². The number of piperazine rings is 1. The van der Waals surface area contributed by atoms with Gasteiger partial charge in [-0.2, -0.15) is 10.1 Å². The zero-order valence-electron chi connectivity index (χ0n) is 32.9. The van der Waals surface area contributed by atoms with Gasteiger partial charge in [-0.15, -0.1) is 0 Å². The fourth-order valence-electron chi connectivity index (χ4n) is 9.32. The third kappa shape index (κ3) is 7.37. The highest BCUT2D eigenvalue weighted by Crippen LogP contribution is 2.38. The van der Waals surface area contributed by atoms with Crippen molar-refractivity contribution in [2.75, 3.05) is 43.0 Å². The number of halogens is 2. The summed E-state index contributed by atoms with van der Waals surface area (Å²) in [7, 11) is 1.84. The number of amides is 3. The van der Waals surface area contributed by atoms with Gasteiger partial charge < -0.3 is 15.0 Å². The fourth-order valence-corrected chi connectivity index (χ4v) is 9.32. The van der Waals surface area contributed by atoms with Crippen LogP contribution in [0, 0.1) is 24.5 Å². The molecule has 2 unspecified atom stereocenters. The van der Waals surface area contributed by atoms with Crippen LogP contribution in [0.5, 0.6) is 5.88 Å². The highest BCUT2D eigenvalue weighted by molar-refractivity contribution is 6.19. The summed E-state index contributed by atoms with van der Waals surface area (Å²) in [5.74, 6) is -2.50. The number of aryl methyl sites for hydroxylation is 2. The van der Waals surface area contributed by atoms with Gasteiger partial charge in [0.25, 0.3) is 5.91 Å². The van der Waals surface area contributed by atoms with Crippen LogP contribution in [-0.4, -0.2) is 93.1 Å². The first-order chi connectivity index (χ1) is 28.0. The van der Waals surface area contributed by atoms with E-state index in [1.165, 1.54) is 17.7 Å². The number of aliphatic imine (C=N–C) groups is 1. The molecule has 6 aliphatic rings. The van der Waals surface area contributed by atoms with E-state index in [0.29, 0.717) is 72.6 Å². The Morgan fingerprint density at radius 3 is 2.52 bits per heavy atom. The second-order valence-electron chi connectivity index (χ2n) is 16.5. The van der Waals surface area contributed by atoms with E-state index >= 15 is 8.78 Å². The van der Waals surface area contributed by atoms with E-state index in [-0.39, 0.29) is 30.2 Å².